The van der Waals surface area contributed by atoms with Crippen molar-refractivity contribution in [2.24, 2.45) is 22.7 Å². The molecule has 7 nitrogen and oxygen atoms in total. The Morgan fingerprint density at radius 3 is 2.60 bits per heavy atom. The molecule has 0 radical (unpaired) electrons. The molecule has 40 heavy (non-hydrogen) atoms. The molecule has 1 aliphatic heterocycles. The van der Waals surface area contributed by atoms with Crippen molar-refractivity contribution in [1.82, 2.24) is 0 Å². The maximum atomic E-state index is 14.4. The highest BCUT2D eigenvalue weighted by Crippen LogP contribution is 2.62. The lowest BCUT2D eigenvalue weighted by Gasteiger charge is -2.59. The Kier molecular flexibility index (Phi) is 8.03. The SMILES string of the molecule is CCCC1OC(CC)C(C(=O)COc2ccc(NC)cc2)(C2(C)CC(O)C3C(CCC4=CC(=O)C=CC43C)C2)O1. The van der Waals surface area contributed by atoms with Gasteiger partial charge >= 0.3 is 0 Å². The maximum absolute atomic E-state index is 14.4. The third kappa shape index (κ3) is 4.74. The summed E-state index contributed by atoms with van der Waals surface area (Å²) in [5.41, 5.74) is -0.167. The van der Waals surface area contributed by atoms with Gasteiger partial charge in [0.15, 0.2) is 17.7 Å². The molecule has 218 valence electrons. The summed E-state index contributed by atoms with van der Waals surface area (Å²) in [7, 11) is 1.86. The number of hydrogen-bond acceptors (Lipinski definition) is 7. The van der Waals surface area contributed by atoms with Crippen LogP contribution in [0.5, 0.6) is 5.75 Å². The highest BCUT2D eigenvalue weighted by molar-refractivity contribution is 6.01. The lowest BCUT2D eigenvalue weighted by Crippen LogP contribution is -2.65. The minimum Gasteiger partial charge on any atom is -0.486 e. The van der Waals surface area contributed by atoms with Crippen LogP contribution >= 0.6 is 0 Å². The number of nitrogens with one attached hydrogen (secondary N) is 1. The van der Waals surface area contributed by atoms with E-state index >= 15 is 0 Å². The van der Waals surface area contributed by atoms with Crippen molar-refractivity contribution >= 4 is 17.3 Å². The van der Waals surface area contributed by atoms with Gasteiger partial charge in [0, 0.05) is 29.5 Å². The maximum Gasteiger partial charge on any atom is 0.205 e. The number of carbonyl (C=O) groups excluding carboxylic acids is 2. The summed E-state index contributed by atoms with van der Waals surface area (Å²) < 4.78 is 19.2. The smallest absolute Gasteiger partial charge is 0.205 e. The average molecular weight is 552 g/mol. The van der Waals surface area contributed by atoms with Gasteiger partial charge in [-0.1, -0.05) is 45.8 Å². The van der Waals surface area contributed by atoms with E-state index in [2.05, 4.69) is 26.1 Å². The molecule has 4 aliphatic rings. The van der Waals surface area contributed by atoms with E-state index in [-0.39, 0.29) is 35.4 Å². The van der Waals surface area contributed by atoms with Crippen LogP contribution in [0, 0.1) is 22.7 Å². The molecule has 3 fully saturated rings. The van der Waals surface area contributed by atoms with Gasteiger partial charge in [0.2, 0.25) is 5.78 Å². The second kappa shape index (κ2) is 11.1. The summed E-state index contributed by atoms with van der Waals surface area (Å²) in [6.07, 6.45) is 8.91. The van der Waals surface area contributed by atoms with E-state index in [0.29, 0.717) is 25.0 Å². The van der Waals surface area contributed by atoms with Gasteiger partial charge in [-0.05, 0) is 80.9 Å². The molecule has 1 heterocycles. The largest absolute Gasteiger partial charge is 0.486 e. The number of rotatable bonds is 9. The number of anilines is 1. The molecule has 1 saturated heterocycles. The van der Waals surface area contributed by atoms with Crippen LogP contribution in [-0.2, 0) is 19.1 Å². The van der Waals surface area contributed by atoms with E-state index < -0.39 is 29.5 Å². The first-order valence-corrected chi connectivity index (χ1v) is 15.0. The molecule has 1 aromatic rings. The standard InChI is InChI=1S/C33H45NO6/c1-6-8-29-39-28(7-2)33(40-29,27(37)20-38-25-13-11-23(34-5)12-14-25)31(3)18-21-9-10-22-17-24(35)15-16-32(22,4)30(21)26(36)19-31/h11-17,21,26,28-30,34,36H,6-10,18-20H2,1-5H3. The topological polar surface area (TPSA) is 94.1 Å². The van der Waals surface area contributed by atoms with Crippen LogP contribution in [0.2, 0.25) is 0 Å². The molecule has 2 N–H and O–H groups in total. The minimum absolute atomic E-state index is 0.0205. The molecule has 2 saturated carbocycles. The molecule has 0 amide bonds. The van der Waals surface area contributed by atoms with E-state index in [1.165, 1.54) is 0 Å². The average Bonchev–Trinajstić information content (AvgIpc) is 3.32. The zero-order valence-electron chi connectivity index (χ0n) is 24.6. The number of ether oxygens (including phenoxy) is 3. The minimum atomic E-state index is -1.23. The van der Waals surface area contributed by atoms with Crippen molar-refractivity contribution < 1.29 is 28.9 Å². The second-order valence-electron chi connectivity index (χ2n) is 12.6. The van der Waals surface area contributed by atoms with Crippen molar-refractivity contribution in [2.45, 2.75) is 96.7 Å². The van der Waals surface area contributed by atoms with Crippen molar-refractivity contribution in [2.75, 3.05) is 19.0 Å². The first-order chi connectivity index (χ1) is 19.1. The first-order valence-electron chi connectivity index (χ1n) is 15.0. The van der Waals surface area contributed by atoms with Gasteiger partial charge in [-0.25, -0.2) is 0 Å². The number of Topliss-reactive ketones (excluding diaryl/α,β-unsaturated/α-hetero) is 1. The van der Waals surface area contributed by atoms with Crippen LogP contribution in [0.3, 0.4) is 0 Å². The van der Waals surface area contributed by atoms with Crippen LogP contribution in [0.1, 0.15) is 72.6 Å². The summed E-state index contributed by atoms with van der Waals surface area (Å²) in [6, 6.07) is 7.52. The number of carbonyl (C=O) groups is 2. The molecule has 5 rings (SSSR count). The van der Waals surface area contributed by atoms with E-state index in [1.807, 2.05) is 44.3 Å². The zero-order valence-corrected chi connectivity index (χ0v) is 24.6. The summed E-state index contributed by atoms with van der Waals surface area (Å²) in [6.45, 7) is 8.25. The zero-order chi connectivity index (χ0) is 28.7. The van der Waals surface area contributed by atoms with Crippen LogP contribution in [0.15, 0.2) is 48.1 Å². The van der Waals surface area contributed by atoms with Crippen molar-refractivity contribution in [3.63, 3.8) is 0 Å². The van der Waals surface area contributed by atoms with Gasteiger partial charge in [-0.15, -0.1) is 0 Å². The molecule has 8 unspecified atom stereocenters. The number of aliphatic hydroxyl groups excluding tert-OH is 1. The fraction of sp³-hybridized carbons (Fsp3) is 0.636. The fourth-order valence-corrected chi connectivity index (χ4v) is 8.33. The summed E-state index contributed by atoms with van der Waals surface area (Å²) in [5, 5.41) is 15.0. The molecule has 8 atom stereocenters. The van der Waals surface area contributed by atoms with Gasteiger partial charge in [0.05, 0.1) is 12.2 Å². The summed E-state index contributed by atoms with van der Waals surface area (Å²) in [4.78, 5) is 26.5. The molecular formula is C33H45NO6. The number of hydrogen-bond donors (Lipinski definition) is 2. The van der Waals surface area contributed by atoms with Gasteiger partial charge < -0.3 is 24.6 Å². The molecule has 3 aliphatic carbocycles. The second-order valence-corrected chi connectivity index (χ2v) is 12.6. The third-order valence-corrected chi connectivity index (χ3v) is 10.2. The fourth-order valence-electron chi connectivity index (χ4n) is 8.33. The van der Waals surface area contributed by atoms with Gasteiger partial charge in [0.25, 0.3) is 0 Å². The van der Waals surface area contributed by atoms with Gasteiger partial charge in [-0.2, -0.15) is 0 Å². The van der Waals surface area contributed by atoms with E-state index in [0.717, 1.165) is 36.9 Å². The monoisotopic (exact) mass is 551 g/mol. The summed E-state index contributed by atoms with van der Waals surface area (Å²) in [5.74, 6) is 0.671. The van der Waals surface area contributed by atoms with E-state index in [1.54, 1.807) is 12.2 Å². The van der Waals surface area contributed by atoms with E-state index in [4.69, 9.17) is 14.2 Å². The van der Waals surface area contributed by atoms with Crippen molar-refractivity contribution in [1.29, 1.82) is 0 Å². The Morgan fingerprint density at radius 1 is 1.18 bits per heavy atom. The lowest BCUT2D eigenvalue weighted by atomic mass is 9.47. The Labute approximate surface area is 238 Å². The lowest BCUT2D eigenvalue weighted by molar-refractivity contribution is -0.193. The summed E-state index contributed by atoms with van der Waals surface area (Å²) >= 11 is 0. The molecule has 0 aromatic heterocycles. The van der Waals surface area contributed by atoms with Gasteiger partial charge in [0.1, 0.15) is 12.4 Å². The van der Waals surface area contributed by atoms with Crippen molar-refractivity contribution in [3.8, 4) is 5.75 Å². The molecule has 7 heteroatoms. The Hall–Kier alpha value is -2.48. The number of allylic oxidation sites excluding steroid dienone is 4. The van der Waals surface area contributed by atoms with E-state index in [9.17, 15) is 14.7 Å². The van der Waals surface area contributed by atoms with Crippen LogP contribution < -0.4 is 10.1 Å². The molecule has 0 spiro atoms. The Balaban J connectivity index is 1.47. The van der Waals surface area contributed by atoms with Crippen LogP contribution in [0.25, 0.3) is 0 Å². The van der Waals surface area contributed by atoms with Crippen LogP contribution in [-0.4, -0.2) is 54.4 Å². The van der Waals surface area contributed by atoms with Gasteiger partial charge in [-0.3, -0.25) is 9.59 Å². The first kappa shape index (κ1) is 29.0. The number of ketones is 2. The highest BCUT2D eigenvalue weighted by Gasteiger charge is 2.67. The van der Waals surface area contributed by atoms with Crippen molar-refractivity contribution in [3.05, 3.63) is 48.1 Å². The predicted octanol–water partition coefficient (Wildman–Crippen LogP) is 5.63. The predicted molar refractivity (Wildman–Crippen MR) is 154 cm³/mol. The highest BCUT2D eigenvalue weighted by atomic mass is 16.7. The Bertz CT molecular complexity index is 1180. The van der Waals surface area contributed by atoms with Crippen LogP contribution in [0.4, 0.5) is 5.69 Å². The molecule has 1 aromatic carbocycles. The molecular weight excluding hydrogens is 506 g/mol. The Morgan fingerprint density at radius 2 is 1.93 bits per heavy atom. The quantitative estimate of drug-likeness (QED) is 0.411. The number of fused-ring (bicyclic) bond motifs is 3. The normalized spacial score (nSPS) is 38.8. The number of aliphatic hydroxyl groups is 1. The molecule has 0 bridgehead atoms. The third-order valence-electron chi connectivity index (χ3n) is 10.2. The number of benzene rings is 1.